The molecule has 3 aliphatic rings. The van der Waals surface area contributed by atoms with E-state index in [0.717, 1.165) is 42.7 Å². The summed E-state index contributed by atoms with van der Waals surface area (Å²) >= 11 is 0. The topological polar surface area (TPSA) is 29.5 Å². The zero-order valence-corrected chi connectivity index (χ0v) is 16.6. The van der Waals surface area contributed by atoms with Gasteiger partial charge in [-0.15, -0.1) is 0 Å². The minimum Gasteiger partial charge on any atom is -0.396 e. The van der Waals surface area contributed by atoms with E-state index in [4.69, 9.17) is 4.74 Å². The molecule has 0 amide bonds. The molecule has 4 atom stereocenters. The number of ether oxygens (including phenoxy) is 1. The van der Waals surface area contributed by atoms with Crippen molar-refractivity contribution in [2.24, 2.45) is 11.8 Å². The van der Waals surface area contributed by atoms with E-state index < -0.39 is 0 Å². The van der Waals surface area contributed by atoms with E-state index in [0.29, 0.717) is 6.61 Å². The molecular weight excluding hydrogens is 370 g/mol. The average Bonchev–Trinajstić information content (AvgIpc) is 3.33. The molecule has 1 heterocycles. The zero-order chi connectivity index (χ0) is 20.0. The van der Waals surface area contributed by atoms with Crippen LogP contribution in [0.5, 0.6) is 0 Å². The molecule has 2 saturated carbocycles. The van der Waals surface area contributed by atoms with E-state index in [1.54, 1.807) is 12.1 Å². The minimum atomic E-state index is -0.362. The molecule has 5 rings (SSSR count). The monoisotopic (exact) mass is 398 g/mol. The van der Waals surface area contributed by atoms with Crippen LogP contribution >= 0.6 is 0 Å². The van der Waals surface area contributed by atoms with E-state index in [2.05, 4.69) is 0 Å². The second-order valence-electron chi connectivity index (χ2n) is 9.28. The van der Waals surface area contributed by atoms with Gasteiger partial charge in [0.25, 0.3) is 0 Å². The number of benzene rings is 2. The van der Waals surface area contributed by atoms with Crippen molar-refractivity contribution in [3.8, 4) is 0 Å². The third-order valence-corrected chi connectivity index (χ3v) is 7.36. The van der Waals surface area contributed by atoms with Gasteiger partial charge in [0.1, 0.15) is 11.6 Å². The molecule has 29 heavy (non-hydrogen) atoms. The first-order valence-corrected chi connectivity index (χ1v) is 10.9. The van der Waals surface area contributed by atoms with Gasteiger partial charge in [-0.2, -0.15) is 0 Å². The Morgan fingerprint density at radius 3 is 2.48 bits per heavy atom. The fourth-order valence-electron chi connectivity index (χ4n) is 5.78. The molecule has 0 radical (unpaired) electrons. The summed E-state index contributed by atoms with van der Waals surface area (Å²) in [5.74, 6) is 0.620. The lowest BCUT2D eigenvalue weighted by Gasteiger charge is -2.33. The summed E-state index contributed by atoms with van der Waals surface area (Å²) in [6.07, 6.45) is 6.17. The summed E-state index contributed by atoms with van der Waals surface area (Å²) < 4.78 is 34.1. The van der Waals surface area contributed by atoms with Gasteiger partial charge in [-0.05, 0) is 91.3 Å². The Morgan fingerprint density at radius 2 is 1.76 bits per heavy atom. The van der Waals surface area contributed by atoms with Gasteiger partial charge < -0.3 is 9.84 Å². The fraction of sp³-hybridized carbons (Fsp3) is 0.520. The van der Waals surface area contributed by atoms with Crippen molar-refractivity contribution in [3.05, 3.63) is 70.8 Å². The lowest BCUT2D eigenvalue weighted by molar-refractivity contribution is -0.0122. The third kappa shape index (κ3) is 3.62. The highest BCUT2D eigenvalue weighted by molar-refractivity contribution is 5.35. The fourth-order valence-corrected chi connectivity index (χ4v) is 5.78. The molecule has 1 spiro atoms. The van der Waals surface area contributed by atoms with Crippen molar-refractivity contribution in [1.29, 1.82) is 0 Å². The van der Waals surface area contributed by atoms with Gasteiger partial charge in [0, 0.05) is 18.4 Å². The Labute approximate surface area is 170 Å². The first-order valence-electron chi connectivity index (χ1n) is 10.9. The van der Waals surface area contributed by atoms with E-state index in [9.17, 15) is 13.9 Å². The van der Waals surface area contributed by atoms with Gasteiger partial charge in [0.15, 0.2) is 0 Å². The average molecular weight is 398 g/mol. The largest absolute Gasteiger partial charge is 0.396 e. The number of rotatable bonds is 5. The maximum Gasteiger partial charge on any atom is 0.123 e. The first kappa shape index (κ1) is 19.2. The van der Waals surface area contributed by atoms with Gasteiger partial charge in [0.2, 0.25) is 0 Å². The maximum absolute atomic E-state index is 14.1. The van der Waals surface area contributed by atoms with Gasteiger partial charge in [-0.3, -0.25) is 0 Å². The molecule has 2 aromatic rings. The highest BCUT2D eigenvalue weighted by atomic mass is 19.1. The number of hydrogen-bond acceptors (Lipinski definition) is 2. The van der Waals surface area contributed by atoms with Crippen molar-refractivity contribution in [2.45, 2.75) is 56.0 Å². The zero-order valence-electron chi connectivity index (χ0n) is 16.6. The smallest absolute Gasteiger partial charge is 0.123 e. The summed E-state index contributed by atoms with van der Waals surface area (Å²) in [5.41, 5.74) is 3.02. The highest BCUT2D eigenvalue weighted by Crippen LogP contribution is 2.56. The quantitative estimate of drug-likeness (QED) is 0.736. The van der Waals surface area contributed by atoms with Crippen molar-refractivity contribution in [2.75, 3.05) is 13.2 Å². The molecule has 154 valence electrons. The van der Waals surface area contributed by atoms with Crippen molar-refractivity contribution in [1.82, 2.24) is 0 Å². The number of aliphatic hydroxyl groups is 1. The van der Waals surface area contributed by atoms with Crippen molar-refractivity contribution >= 4 is 0 Å². The Bertz CT molecular complexity index is 877. The molecule has 1 N–H and O–H groups in total. The Morgan fingerprint density at radius 1 is 1.00 bits per heavy atom. The third-order valence-electron chi connectivity index (χ3n) is 7.36. The van der Waals surface area contributed by atoms with Crippen LogP contribution in [-0.2, 0) is 11.2 Å². The predicted octanol–water partition coefficient (Wildman–Crippen LogP) is 5.35. The van der Waals surface area contributed by atoms with E-state index >= 15 is 0 Å². The van der Waals surface area contributed by atoms with Crippen molar-refractivity contribution < 1.29 is 18.6 Å². The molecule has 2 nitrogen and oxygen atoms in total. The van der Waals surface area contributed by atoms with E-state index in [1.807, 2.05) is 18.2 Å². The highest BCUT2D eigenvalue weighted by Gasteiger charge is 2.54. The summed E-state index contributed by atoms with van der Waals surface area (Å²) in [7, 11) is 0. The summed E-state index contributed by atoms with van der Waals surface area (Å²) in [5, 5.41) is 9.99. The standard InChI is InChI=1S/C25H28F2O2/c26-21-6-3-17(4-7-21)24-19(14-28)9-10-25(24)13-20(15-29-25)23-12-22(27)8-5-18(23)11-16-1-2-16/h3-8,12,16,19-20,24,28H,1-2,9-11,13-15H2/t19-,20-,24-,25-/m1/s1. The van der Waals surface area contributed by atoms with Gasteiger partial charge in [0.05, 0.1) is 12.2 Å². The van der Waals surface area contributed by atoms with Crippen LogP contribution in [0, 0.1) is 23.5 Å². The van der Waals surface area contributed by atoms with E-state index in [1.165, 1.54) is 30.5 Å². The summed E-state index contributed by atoms with van der Waals surface area (Å²) in [4.78, 5) is 0. The maximum atomic E-state index is 14.1. The molecular formula is C25H28F2O2. The molecule has 1 aliphatic heterocycles. The normalized spacial score (nSPS) is 31.6. The van der Waals surface area contributed by atoms with Crippen LogP contribution in [0.2, 0.25) is 0 Å². The minimum absolute atomic E-state index is 0.0403. The van der Waals surface area contributed by atoms with Crippen LogP contribution < -0.4 is 0 Å². The Hall–Kier alpha value is -1.78. The second kappa shape index (κ2) is 7.48. The van der Waals surface area contributed by atoms with Crippen molar-refractivity contribution in [3.63, 3.8) is 0 Å². The molecule has 0 aromatic heterocycles. The van der Waals surface area contributed by atoms with Crippen LogP contribution in [-0.4, -0.2) is 23.9 Å². The van der Waals surface area contributed by atoms with Crippen LogP contribution in [0.15, 0.2) is 42.5 Å². The molecule has 2 aromatic carbocycles. The van der Waals surface area contributed by atoms with Gasteiger partial charge in [-0.1, -0.05) is 18.2 Å². The molecule has 2 aliphatic carbocycles. The van der Waals surface area contributed by atoms with Gasteiger partial charge >= 0.3 is 0 Å². The van der Waals surface area contributed by atoms with Crippen LogP contribution in [0.3, 0.4) is 0 Å². The van der Waals surface area contributed by atoms with Gasteiger partial charge in [-0.25, -0.2) is 8.78 Å². The van der Waals surface area contributed by atoms with Crippen LogP contribution in [0.25, 0.3) is 0 Å². The molecule has 0 unspecified atom stereocenters. The van der Waals surface area contributed by atoms with E-state index in [-0.39, 0.29) is 41.6 Å². The lowest BCUT2D eigenvalue weighted by Crippen LogP contribution is -2.34. The van der Waals surface area contributed by atoms with Crippen LogP contribution in [0.1, 0.15) is 60.6 Å². The first-order chi connectivity index (χ1) is 14.1. The number of hydrogen-bond donors (Lipinski definition) is 1. The Balaban J connectivity index is 1.45. The lowest BCUT2D eigenvalue weighted by atomic mass is 9.76. The second-order valence-corrected chi connectivity index (χ2v) is 9.28. The Kier molecular flexibility index (Phi) is 4.95. The summed E-state index contributed by atoms with van der Waals surface area (Å²) in [6, 6.07) is 11.9. The molecule has 4 heteroatoms. The molecule has 3 fully saturated rings. The van der Waals surface area contributed by atoms with Crippen LogP contribution in [0.4, 0.5) is 8.78 Å². The molecule has 0 bridgehead atoms. The summed E-state index contributed by atoms with van der Waals surface area (Å²) in [6.45, 7) is 0.682. The number of halogens is 2. The SMILES string of the molecule is OC[C@H]1CC[C@@]2(C[C@@H](c3cc(F)ccc3CC3CC3)CO2)[C@@H]1c1ccc(F)cc1. The predicted molar refractivity (Wildman–Crippen MR) is 108 cm³/mol. The molecule has 1 saturated heterocycles. The number of aliphatic hydroxyl groups excluding tert-OH is 1.